The summed E-state index contributed by atoms with van der Waals surface area (Å²) in [4.78, 5) is 41.1. The number of carbonyl (C=O) groups excluding carboxylic acids is 2. The first-order valence-electron chi connectivity index (χ1n) is 15.8. The zero-order valence-electron chi connectivity index (χ0n) is 27.9. The molecule has 0 saturated heterocycles. The highest BCUT2D eigenvalue weighted by atomic mass is 35.5. The maximum Gasteiger partial charge on any atom is 0.304 e. The van der Waals surface area contributed by atoms with E-state index in [9.17, 15) is 14.4 Å². The SMILES string of the molecule is CC(C)CCC(c1ccc(C=O)cc1)N(C)C1(/N=C(\C=O)c2cc(Cl)cc(Cl)c2)CCC(C(C)(C)C)CC1.CNCCC(=O)O. The van der Waals surface area contributed by atoms with Crippen molar-refractivity contribution >= 4 is 47.5 Å². The average molecular weight is 661 g/mol. The molecule has 0 aliphatic heterocycles. The van der Waals surface area contributed by atoms with Crippen LogP contribution in [0.5, 0.6) is 0 Å². The molecule has 1 aliphatic carbocycles. The second kappa shape index (κ2) is 17.9. The number of carboxylic acids is 1. The monoisotopic (exact) mass is 659 g/mol. The molecule has 1 saturated carbocycles. The summed E-state index contributed by atoms with van der Waals surface area (Å²) in [6.45, 7) is 12.0. The zero-order chi connectivity index (χ0) is 33.8. The van der Waals surface area contributed by atoms with E-state index in [2.05, 4.69) is 64.0 Å². The van der Waals surface area contributed by atoms with Crippen LogP contribution < -0.4 is 5.32 Å². The van der Waals surface area contributed by atoms with Gasteiger partial charge in [-0.2, -0.15) is 0 Å². The molecule has 0 aromatic heterocycles. The highest BCUT2D eigenvalue weighted by molar-refractivity contribution is 6.39. The van der Waals surface area contributed by atoms with Crippen LogP contribution in [0.3, 0.4) is 0 Å². The molecular weight excluding hydrogens is 609 g/mol. The minimum absolute atomic E-state index is 0.0869. The molecule has 0 spiro atoms. The van der Waals surface area contributed by atoms with Crippen molar-refractivity contribution in [3.05, 3.63) is 69.2 Å². The Labute approximate surface area is 279 Å². The van der Waals surface area contributed by atoms with Gasteiger partial charge < -0.3 is 10.4 Å². The lowest BCUT2D eigenvalue weighted by Gasteiger charge is -2.49. The van der Waals surface area contributed by atoms with Gasteiger partial charge in [0.15, 0.2) is 6.29 Å². The summed E-state index contributed by atoms with van der Waals surface area (Å²) in [5.74, 6) is 0.380. The van der Waals surface area contributed by atoms with Crippen LogP contribution in [0, 0.1) is 17.3 Å². The predicted molar refractivity (Wildman–Crippen MR) is 186 cm³/mol. The number of carbonyl (C=O) groups is 3. The number of nitrogens with zero attached hydrogens (tertiary/aromatic N) is 2. The van der Waals surface area contributed by atoms with Gasteiger partial charge in [0, 0.05) is 33.8 Å². The molecule has 0 heterocycles. The van der Waals surface area contributed by atoms with Gasteiger partial charge in [-0.15, -0.1) is 0 Å². The second-order valence-electron chi connectivity index (χ2n) is 13.5. The first-order chi connectivity index (χ1) is 21.1. The first kappa shape index (κ1) is 38.6. The Balaban J connectivity index is 0.000000900. The Bertz CT molecular complexity index is 1260. The third-order valence-electron chi connectivity index (χ3n) is 8.80. The minimum Gasteiger partial charge on any atom is -0.481 e. The third-order valence-corrected chi connectivity index (χ3v) is 9.23. The molecule has 2 aromatic rings. The fourth-order valence-corrected chi connectivity index (χ4v) is 6.49. The lowest BCUT2D eigenvalue weighted by atomic mass is 9.69. The fraction of sp³-hybridized carbons (Fsp3) is 0.556. The topological polar surface area (TPSA) is 99.1 Å². The van der Waals surface area contributed by atoms with E-state index >= 15 is 0 Å². The molecule has 2 N–H and O–H groups in total. The summed E-state index contributed by atoms with van der Waals surface area (Å²) >= 11 is 12.6. The number of hydrogen-bond acceptors (Lipinski definition) is 6. The molecule has 0 amide bonds. The average Bonchev–Trinajstić information content (AvgIpc) is 2.98. The van der Waals surface area contributed by atoms with Crippen LogP contribution in [0.4, 0.5) is 0 Å². The Morgan fingerprint density at radius 3 is 2.07 bits per heavy atom. The fourth-order valence-electron chi connectivity index (χ4n) is 5.97. The number of nitrogens with one attached hydrogen (secondary N) is 1. The quantitative estimate of drug-likeness (QED) is 0.165. The van der Waals surface area contributed by atoms with Crippen LogP contribution >= 0.6 is 23.2 Å². The lowest BCUT2D eigenvalue weighted by molar-refractivity contribution is -0.136. The predicted octanol–water partition coefficient (Wildman–Crippen LogP) is 8.52. The van der Waals surface area contributed by atoms with Gasteiger partial charge >= 0.3 is 5.97 Å². The van der Waals surface area contributed by atoms with Gasteiger partial charge in [0.1, 0.15) is 17.7 Å². The number of benzene rings is 2. The maximum atomic E-state index is 12.4. The van der Waals surface area contributed by atoms with Gasteiger partial charge in [0.05, 0.1) is 6.42 Å². The van der Waals surface area contributed by atoms with E-state index in [0.29, 0.717) is 45.3 Å². The lowest BCUT2D eigenvalue weighted by Crippen LogP contribution is -2.51. The molecular formula is C36H51Cl2N3O4. The minimum atomic E-state index is -0.755. The Morgan fingerprint density at radius 2 is 1.64 bits per heavy atom. The highest BCUT2D eigenvalue weighted by Crippen LogP contribution is 2.47. The van der Waals surface area contributed by atoms with Crippen molar-refractivity contribution in [3.63, 3.8) is 0 Å². The second-order valence-corrected chi connectivity index (χ2v) is 14.4. The Kier molecular flexibility index (Phi) is 15.4. The number of carboxylic acid groups (broad SMARTS) is 1. The summed E-state index contributed by atoms with van der Waals surface area (Å²) in [6.07, 6.45) is 7.67. The number of aliphatic carboxylic acids is 1. The van der Waals surface area contributed by atoms with Crippen molar-refractivity contribution in [2.45, 2.75) is 91.3 Å². The summed E-state index contributed by atoms with van der Waals surface area (Å²) < 4.78 is 0. The van der Waals surface area contributed by atoms with Crippen LogP contribution in [0.15, 0.2) is 47.5 Å². The van der Waals surface area contributed by atoms with Gasteiger partial charge in [-0.05, 0) is 93.6 Å². The summed E-state index contributed by atoms with van der Waals surface area (Å²) in [5.41, 5.74) is 2.48. The van der Waals surface area contributed by atoms with Crippen molar-refractivity contribution in [3.8, 4) is 0 Å². The normalized spacial score (nSPS) is 19.5. The van der Waals surface area contributed by atoms with Crippen LogP contribution in [-0.2, 0) is 9.59 Å². The molecule has 1 aliphatic rings. The molecule has 248 valence electrons. The smallest absolute Gasteiger partial charge is 0.304 e. The molecule has 7 nitrogen and oxygen atoms in total. The van der Waals surface area contributed by atoms with Crippen LogP contribution in [0.2, 0.25) is 10.0 Å². The van der Waals surface area contributed by atoms with Gasteiger partial charge in [-0.25, -0.2) is 0 Å². The number of rotatable bonds is 13. The highest BCUT2D eigenvalue weighted by Gasteiger charge is 2.44. The van der Waals surface area contributed by atoms with E-state index in [1.807, 2.05) is 12.1 Å². The molecule has 1 fully saturated rings. The summed E-state index contributed by atoms with van der Waals surface area (Å²) in [5, 5.41) is 11.7. The Morgan fingerprint density at radius 1 is 1.07 bits per heavy atom. The van der Waals surface area contributed by atoms with E-state index < -0.39 is 11.6 Å². The van der Waals surface area contributed by atoms with Gasteiger partial charge in [-0.3, -0.25) is 24.3 Å². The molecule has 2 aromatic carbocycles. The zero-order valence-corrected chi connectivity index (χ0v) is 29.4. The maximum absolute atomic E-state index is 12.4. The van der Waals surface area contributed by atoms with Crippen LogP contribution in [0.1, 0.15) is 107 Å². The Hall–Kier alpha value is -2.58. The van der Waals surface area contributed by atoms with E-state index in [1.165, 1.54) is 0 Å². The van der Waals surface area contributed by atoms with Gasteiger partial charge in [0.25, 0.3) is 0 Å². The number of hydrogen-bond donors (Lipinski definition) is 2. The third kappa shape index (κ3) is 11.9. The van der Waals surface area contributed by atoms with Crippen molar-refractivity contribution in [1.29, 1.82) is 0 Å². The molecule has 45 heavy (non-hydrogen) atoms. The van der Waals surface area contributed by atoms with Crippen LogP contribution in [0.25, 0.3) is 0 Å². The van der Waals surface area contributed by atoms with E-state index in [0.717, 1.165) is 56.7 Å². The molecule has 3 rings (SSSR count). The number of halogens is 2. The van der Waals surface area contributed by atoms with Gasteiger partial charge in [-0.1, -0.05) is 82.1 Å². The molecule has 0 bridgehead atoms. The molecule has 1 unspecified atom stereocenters. The van der Waals surface area contributed by atoms with Gasteiger partial charge in [0.2, 0.25) is 0 Å². The first-order valence-corrected chi connectivity index (χ1v) is 16.6. The van der Waals surface area contributed by atoms with Crippen molar-refractivity contribution < 1.29 is 19.5 Å². The van der Waals surface area contributed by atoms with Crippen molar-refractivity contribution in [1.82, 2.24) is 10.2 Å². The molecule has 1 atom stereocenters. The largest absolute Gasteiger partial charge is 0.481 e. The van der Waals surface area contributed by atoms with Crippen molar-refractivity contribution in [2.24, 2.45) is 22.2 Å². The number of aliphatic imine (C=N–C) groups is 1. The van der Waals surface area contributed by atoms with E-state index in [4.69, 9.17) is 33.3 Å². The molecule has 9 heteroatoms. The van der Waals surface area contributed by atoms with E-state index in [-0.39, 0.29) is 17.9 Å². The van der Waals surface area contributed by atoms with Crippen LogP contribution in [-0.4, -0.2) is 60.6 Å². The summed E-state index contributed by atoms with van der Waals surface area (Å²) in [7, 11) is 3.87. The summed E-state index contributed by atoms with van der Waals surface area (Å²) in [6, 6.07) is 13.1. The van der Waals surface area contributed by atoms with E-state index in [1.54, 1.807) is 25.2 Å². The number of aldehydes is 2. The van der Waals surface area contributed by atoms with Crippen molar-refractivity contribution in [2.75, 3.05) is 20.6 Å². The molecule has 0 radical (unpaired) electrons. The standard InChI is InChI=1S/C32H42Cl2N2O2.C4H9NO2/c1-22(2)7-12-30(24-10-8-23(20-37)9-11-24)36(6)32(15-13-26(14-16-32)31(3,4)5)35-29(21-38)25-17-27(33)19-28(34)18-25;1-5-3-2-4(6)7/h8-11,17-22,26,30H,7,12-16H2,1-6H3;5H,2-3H2,1H3,(H,6,7)/b35-29+;.